The molecule has 206 valence electrons. The molecule has 3 saturated carbocycles. The van der Waals surface area contributed by atoms with Crippen molar-refractivity contribution in [1.82, 2.24) is 4.90 Å². The Labute approximate surface area is 230 Å². The van der Waals surface area contributed by atoms with Crippen LogP contribution in [0.4, 0.5) is 0 Å². The van der Waals surface area contributed by atoms with E-state index in [1.54, 1.807) is 0 Å². The fraction of sp³-hybridized carbons (Fsp3) is 0.794. The molecule has 0 aromatic heterocycles. The van der Waals surface area contributed by atoms with Gasteiger partial charge < -0.3 is 0 Å². The predicted molar refractivity (Wildman–Crippen MR) is 150 cm³/mol. The van der Waals surface area contributed by atoms with E-state index < -0.39 is 10.8 Å². The summed E-state index contributed by atoms with van der Waals surface area (Å²) in [5.74, 6) is 0.853. The van der Waals surface area contributed by atoms with Crippen molar-refractivity contribution < 1.29 is 9.59 Å². The van der Waals surface area contributed by atoms with Gasteiger partial charge in [-0.05, 0) is 112 Å². The van der Waals surface area contributed by atoms with Crippen molar-refractivity contribution in [1.29, 1.82) is 5.26 Å². The normalized spacial score (nSPS) is 50.1. The second kappa shape index (κ2) is 7.93. The third kappa shape index (κ3) is 3.12. The van der Waals surface area contributed by atoms with Crippen molar-refractivity contribution in [2.24, 2.45) is 44.8 Å². The number of hydrogen-bond acceptors (Lipinski definition) is 4. The lowest BCUT2D eigenvalue weighted by molar-refractivity contribution is -0.170. The van der Waals surface area contributed by atoms with Gasteiger partial charge in [-0.2, -0.15) is 5.26 Å². The molecular formula is C34H48N2O2. The molecule has 0 aromatic carbocycles. The van der Waals surface area contributed by atoms with Gasteiger partial charge in [0.05, 0.1) is 5.57 Å². The molecule has 0 N–H and O–H groups in total. The number of Topliss-reactive ketones (excluding diaryl/α,β-unsaturated/α-hetero) is 1. The zero-order valence-electron chi connectivity index (χ0n) is 24.9. The fourth-order valence-corrected chi connectivity index (χ4v) is 11.2. The molecule has 0 radical (unpaired) electrons. The first-order valence-electron chi connectivity index (χ1n) is 15.4. The standard InChI is InChI=1S/C34H48N2O2/c1-29(2)25-10-11-33(6)26(32(25,5)19-22(21-35)28(29)38)18-24(37)27-23-20-31(4,36-16-8-9-17-36)14-12-30(23,3)13-15-34(27,33)7/h18-19,23,25,27H,8-17,20H2,1-7H3/t23-,25-,27-,30+,31-,32-,33+,34+/m0/s1. The first kappa shape index (κ1) is 26.5. The number of likely N-dealkylation sites (tertiary alicyclic amines) is 1. The van der Waals surface area contributed by atoms with Crippen LogP contribution in [0.5, 0.6) is 0 Å². The summed E-state index contributed by atoms with van der Waals surface area (Å²) < 4.78 is 0. The molecule has 1 heterocycles. The zero-order valence-corrected chi connectivity index (χ0v) is 24.9. The van der Waals surface area contributed by atoms with Crippen molar-refractivity contribution in [2.75, 3.05) is 13.1 Å². The Balaban J connectivity index is 1.47. The molecule has 4 heteroatoms. The number of allylic oxidation sites excluding steroid dienone is 4. The maximum Gasteiger partial charge on any atom is 0.178 e. The van der Waals surface area contributed by atoms with Crippen LogP contribution in [-0.2, 0) is 9.59 Å². The number of rotatable bonds is 1. The van der Waals surface area contributed by atoms with Crippen molar-refractivity contribution in [3.8, 4) is 6.07 Å². The van der Waals surface area contributed by atoms with E-state index in [0.29, 0.717) is 11.7 Å². The number of nitriles is 1. The second-order valence-electron chi connectivity index (χ2n) is 15.9. The van der Waals surface area contributed by atoms with Gasteiger partial charge in [-0.3, -0.25) is 14.5 Å². The van der Waals surface area contributed by atoms with Gasteiger partial charge in [-0.1, -0.05) is 53.2 Å². The van der Waals surface area contributed by atoms with E-state index >= 15 is 0 Å². The molecule has 0 aromatic rings. The van der Waals surface area contributed by atoms with Gasteiger partial charge in [0.15, 0.2) is 11.6 Å². The van der Waals surface area contributed by atoms with Crippen molar-refractivity contribution in [3.05, 3.63) is 23.3 Å². The third-order valence-corrected chi connectivity index (χ3v) is 13.9. The molecule has 4 fully saturated rings. The molecule has 0 amide bonds. The van der Waals surface area contributed by atoms with Crippen molar-refractivity contribution in [2.45, 2.75) is 112 Å². The summed E-state index contributed by atoms with van der Waals surface area (Å²) in [5, 5.41) is 9.92. The predicted octanol–water partition coefficient (Wildman–Crippen LogP) is 7.05. The van der Waals surface area contributed by atoms with Crippen LogP contribution in [0.2, 0.25) is 0 Å². The molecule has 1 saturated heterocycles. The van der Waals surface area contributed by atoms with E-state index in [2.05, 4.69) is 45.6 Å². The van der Waals surface area contributed by atoms with E-state index in [0.717, 1.165) is 25.7 Å². The number of carbonyl (C=O) groups is 2. The lowest BCUT2D eigenvalue weighted by atomic mass is 9.34. The van der Waals surface area contributed by atoms with Crippen molar-refractivity contribution in [3.63, 3.8) is 0 Å². The summed E-state index contributed by atoms with van der Waals surface area (Å²) in [6.45, 7) is 18.5. The maximum atomic E-state index is 14.5. The number of ketones is 2. The number of nitrogens with zero attached hydrogens (tertiary/aromatic N) is 2. The molecule has 5 aliphatic carbocycles. The number of carbonyl (C=O) groups excluding carboxylic acids is 2. The van der Waals surface area contributed by atoms with Gasteiger partial charge in [0.2, 0.25) is 0 Å². The molecule has 4 nitrogen and oxygen atoms in total. The van der Waals surface area contributed by atoms with Gasteiger partial charge in [0.1, 0.15) is 6.07 Å². The average molecular weight is 517 g/mol. The maximum absolute atomic E-state index is 14.5. The molecule has 6 aliphatic rings. The number of fused-ring (bicyclic) bond motifs is 7. The summed E-state index contributed by atoms with van der Waals surface area (Å²) >= 11 is 0. The zero-order chi connectivity index (χ0) is 27.5. The Hall–Kier alpha value is -1.73. The lowest BCUT2D eigenvalue weighted by Crippen LogP contribution is -2.65. The first-order valence-corrected chi connectivity index (χ1v) is 15.4. The lowest BCUT2D eigenvalue weighted by Gasteiger charge is -2.69. The molecule has 38 heavy (non-hydrogen) atoms. The highest BCUT2D eigenvalue weighted by molar-refractivity contribution is 6.04. The molecule has 1 aliphatic heterocycles. The monoisotopic (exact) mass is 516 g/mol. The average Bonchev–Trinajstić information content (AvgIpc) is 3.40. The fourth-order valence-electron chi connectivity index (χ4n) is 11.2. The van der Waals surface area contributed by atoms with Crippen LogP contribution in [0.15, 0.2) is 23.3 Å². The Bertz CT molecular complexity index is 1200. The highest BCUT2D eigenvalue weighted by atomic mass is 16.1. The number of hydrogen-bond donors (Lipinski definition) is 0. The molecule has 0 bridgehead atoms. The Kier molecular flexibility index (Phi) is 5.53. The van der Waals surface area contributed by atoms with E-state index in [9.17, 15) is 14.9 Å². The van der Waals surface area contributed by atoms with Crippen LogP contribution in [0.1, 0.15) is 106 Å². The first-order chi connectivity index (χ1) is 17.7. The van der Waals surface area contributed by atoms with Crippen LogP contribution in [0, 0.1) is 56.2 Å². The largest absolute Gasteiger partial charge is 0.298 e. The summed E-state index contributed by atoms with van der Waals surface area (Å²) in [5.41, 5.74) is 0.638. The van der Waals surface area contributed by atoms with Gasteiger partial charge >= 0.3 is 0 Å². The SMILES string of the molecule is CC1(C)C(=O)C(C#N)=C[C@]2(C)C3=CC(=O)[C@@H]4[C@@H]5C[C@@](C)(N6CCCC6)CC[C@]5(C)CC[C@@]4(C)[C@]3(C)CC[C@@H]12. The van der Waals surface area contributed by atoms with Crippen LogP contribution < -0.4 is 0 Å². The molecule has 0 unspecified atom stereocenters. The molecular weight excluding hydrogens is 468 g/mol. The minimum atomic E-state index is -0.608. The Morgan fingerprint density at radius 1 is 0.921 bits per heavy atom. The molecule has 8 atom stereocenters. The van der Waals surface area contributed by atoms with E-state index in [-0.39, 0.29) is 45.0 Å². The van der Waals surface area contributed by atoms with Crippen LogP contribution in [-0.4, -0.2) is 35.1 Å². The summed E-state index contributed by atoms with van der Waals surface area (Å²) in [4.78, 5) is 30.5. The Morgan fingerprint density at radius 2 is 1.58 bits per heavy atom. The van der Waals surface area contributed by atoms with Gasteiger partial charge in [0, 0.05) is 22.3 Å². The minimum absolute atomic E-state index is 0.0326. The highest BCUT2D eigenvalue weighted by Gasteiger charge is 2.69. The topological polar surface area (TPSA) is 61.2 Å². The third-order valence-electron chi connectivity index (χ3n) is 13.9. The minimum Gasteiger partial charge on any atom is -0.298 e. The van der Waals surface area contributed by atoms with Crippen LogP contribution in [0.3, 0.4) is 0 Å². The summed E-state index contributed by atoms with van der Waals surface area (Å²) in [7, 11) is 0. The van der Waals surface area contributed by atoms with E-state index in [1.165, 1.54) is 50.8 Å². The quantitative estimate of drug-likeness (QED) is 0.374. The second-order valence-corrected chi connectivity index (χ2v) is 15.9. The van der Waals surface area contributed by atoms with Gasteiger partial charge in [-0.25, -0.2) is 0 Å². The molecule has 0 spiro atoms. The highest BCUT2D eigenvalue weighted by Crippen LogP contribution is 2.74. The van der Waals surface area contributed by atoms with Crippen molar-refractivity contribution >= 4 is 11.6 Å². The Morgan fingerprint density at radius 3 is 2.24 bits per heavy atom. The van der Waals surface area contributed by atoms with Gasteiger partial charge in [0.25, 0.3) is 0 Å². The smallest absolute Gasteiger partial charge is 0.178 e. The molecule has 6 rings (SSSR count). The van der Waals surface area contributed by atoms with Crippen LogP contribution in [0.25, 0.3) is 0 Å². The van der Waals surface area contributed by atoms with E-state index in [4.69, 9.17) is 0 Å². The van der Waals surface area contributed by atoms with Crippen LogP contribution >= 0.6 is 0 Å². The van der Waals surface area contributed by atoms with E-state index in [1.807, 2.05) is 26.0 Å². The van der Waals surface area contributed by atoms with Gasteiger partial charge in [-0.15, -0.1) is 0 Å². The summed E-state index contributed by atoms with van der Waals surface area (Å²) in [6.07, 6.45) is 14.5. The summed E-state index contributed by atoms with van der Waals surface area (Å²) in [6, 6.07) is 2.23.